The van der Waals surface area contributed by atoms with Gasteiger partial charge in [0, 0.05) is 35.6 Å². The molecular weight excluding hydrogens is 408 g/mol. The van der Waals surface area contributed by atoms with Gasteiger partial charge in [0.1, 0.15) is 0 Å². The highest BCUT2D eigenvalue weighted by Crippen LogP contribution is 2.20. The lowest BCUT2D eigenvalue weighted by atomic mass is 10.0. The minimum Gasteiger partial charge on any atom is -0.336 e. The molecule has 0 atom stereocenters. The van der Waals surface area contributed by atoms with Crippen molar-refractivity contribution in [1.29, 1.82) is 0 Å². The molecule has 142 valence electrons. The van der Waals surface area contributed by atoms with Gasteiger partial charge in [0.15, 0.2) is 5.78 Å². The van der Waals surface area contributed by atoms with Gasteiger partial charge >= 0.3 is 0 Å². The third-order valence-electron chi connectivity index (χ3n) is 4.21. The van der Waals surface area contributed by atoms with Gasteiger partial charge in [-0.15, -0.1) is 0 Å². The van der Waals surface area contributed by atoms with E-state index in [0.29, 0.717) is 11.3 Å². The SMILES string of the molecule is Cc1ccc(C(=O)CCC(=O)N(C)CC(=O)Nc2ccc(Br)cc2C)cc1. The number of hydrogen-bond donors (Lipinski definition) is 1. The molecule has 0 aliphatic carbocycles. The fraction of sp³-hybridized carbons (Fsp3) is 0.286. The van der Waals surface area contributed by atoms with Crippen molar-refractivity contribution >= 4 is 39.2 Å². The zero-order valence-corrected chi connectivity index (χ0v) is 17.3. The van der Waals surface area contributed by atoms with Crippen molar-refractivity contribution in [3.8, 4) is 0 Å². The second kappa shape index (κ2) is 9.46. The Morgan fingerprint density at radius 1 is 1.00 bits per heavy atom. The maximum absolute atomic E-state index is 12.2. The normalized spacial score (nSPS) is 10.4. The van der Waals surface area contributed by atoms with E-state index in [0.717, 1.165) is 15.6 Å². The molecule has 0 fully saturated rings. The molecular formula is C21H23BrN2O3. The van der Waals surface area contributed by atoms with E-state index in [4.69, 9.17) is 0 Å². The fourth-order valence-corrected chi connectivity index (χ4v) is 3.03. The number of rotatable bonds is 7. The van der Waals surface area contributed by atoms with Gasteiger partial charge in [-0.05, 0) is 37.6 Å². The Morgan fingerprint density at radius 2 is 1.67 bits per heavy atom. The number of hydrogen-bond acceptors (Lipinski definition) is 3. The smallest absolute Gasteiger partial charge is 0.243 e. The average molecular weight is 431 g/mol. The lowest BCUT2D eigenvalue weighted by Gasteiger charge is -2.17. The molecule has 27 heavy (non-hydrogen) atoms. The minimum atomic E-state index is -0.277. The number of nitrogens with zero attached hydrogens (tertiary/aromatic N) is 1. The number of amides is 2. The van der Waals surface area contributed by atoms with E-state index in [2.05, 4.69) is 21.2 Å². The molecule has 0 heterocycles. The van der Waals surface area contributed by atoms with Gasteiger partial charge in [-0.1, -0.05) is 45.8 Å². The van der Waals surface area contributed by atoms with Crippen LogP contribution in [-0.2, 0) is 9.59 Å². The number of ketones is 1. The Kier molecular flexibility index (Phi) is 7.30. The Bertz CT molecular complexity index is 847. The number of halogens is 1. The highest BCUT2D eigenvalue weighted by molar-refractivity contribution is 9.10. The lowest BCUT2D eigenvalue weighted by molar-refractivity contribution is -0.133. The van der Waals surface area contributed by atoms with Crippen molar-refractivity contribution in [1.82, 2.24) is 4.90 Å². The first-order valence-electron chi connectivity index (χ1n) is 8.66. The molecule has 2 rings (SSSR count). The van der Waals surface area contributed by atoms with Crippen LogP contribution >= 0.6 is 15.9 Å². The summed E-state index contributed by atoms with van der Waals surface area (Å²) in [5.74, 6) is -0.592. The molecule has 0 bridgehead atoms. The molecule has 2 amide bonds. The van der Waals surface area contributed by atoms with Crippen LogP contribution in [-0.4, -0.2) is 36.1 Å². The topological polar surface area (TPSA) is 66.5 Å². The van der Waals surface area contributed by atoms with E-state index in [1.807, 2.05) is 38.1 Å². The third kappa shape index (κ3) is 6.32. The molecule has 0 aromatic heterocycles. The highest BCUT2D eigenvalue weighted by Gasteiger charge is 2.16. The second-order valence-corrected chi connectivity index (χ2v) is 7.46. The summed E-state index contributed by atoms with van der Waals surface area (Å²) in [4.78, 5) is 37.9. The van der Waals surface area contributed by atoms with Crippen LogP contribution in [0.3, 0.4) is 0 Å². The van der Waals surface area contributed by atoms with Crippen molar-refractivity contribution in [2.45, 2.75) is 26.7 Å². The van der Waals surface area contributed by atoms with Gasteiger partial charge in [0.2, 0.25) is 11.8 Å². The highest BCUT2D eigenvalue weighted by atomic mass is 79.9. The second-order valence-electron chi connectivity index (χ2n) is 6.55. The number of carbonyl (C=O) groups excluding carboxylic acids is 3. The summed E-state index contributed by atoms with van der Waals surface area (Å²) in [5, 5.41) is 2.80. The van der Waals surface area contributed by atoms with E-state index < -0.39 is 0 Å². The Labute approximate surface area is 167 Å². The standard InChI is InChI=1S/C21H23BrN2O3/c1-14-4-6-16(7-5-14)19(25)10-11-21(27)24(3)13-20(26)23-18-9-8-17(22)12-15(18)2/h4-9,12H,10-11,13H2,1-3H3,(H,23,26). The number of carbonyl (C=O) groups is 3. The molecule has 0 aliphatic rings. The van der Waals surface area contributed by atoms with Crippen molar-refractivity contribution < 1.29 is 14.4 Å². The molecule has 0 unspecified atom stereocenters. The lowest BCUT2D eigenvalue weighted by Crippen LogP contribution is -2.35. The van der Waals surface area contributed by atoms with Gasteiger partial charge < -0.3 is 10.2 Å². The minimum absolute atomic E-state index is 0.0624. The van der Waals surface area contributed by atoms with Crippen LogP contribution < -0.4 is 5.32 Å². The van der Waals surface area contributed by atoms with Crippen LogP contribution in [0.15, 0.2) is 46.9 Å². The van der Waals surface area contributed by atoms with E-state index in [1.165, 1.54) is 4.90 Å². The number of anilines is 1. The van der Waals surface area contributed by atoms with Gasteiger partial charge in [-0.25, -0.2) is 0 Å². The summed E-state index contributed by atoms with van der Waals surface area (Å²) in [5.41, 5.74) is 3.31. The first kappa shape index (κ1) is 20.8. The number of likely N-dealkylation sites (N-methyl/N-ethyl adjacent to an activating group) is 1. The number of nitrogens with one attached hydrogen (secondary N) is 1. The quantitative estimate of drug-likeness (QED) is 0.671. The van der Waals surface area contributed by atoms with E-state index in [-0.39, 0.29) is 37.0 Å². The molecule has 0 aliphatic heterocycles. The summed E-state index contributed by atoms with van der Waals surface area (Å²) in [7, 11) is 1.56. The van der Waals surface area contributed by atoms with E-state index >= 15 is 0 Å². The summed E-state index contributed by atoms with van der Waals surface area (Å²) < 4.78 is 0.934. The number of aryl methyl sites for hydroxylation is 2. The zero-order valence-electron chi connectivity index (χ0n) is 15.7. The van der Waals surface area contributed by atoms with Crippen LogP contribution in [0.2, 0.25) is 0 Å². The molecule has 5 nitrogen and oxygen atoms in total. The van der Waals surface area contributed by atoms with E-state index in [9.17, 15) is 14.4 Å². The molecule has 6 heteroatoms. The fourth-order valence-electron chi connectivity index (χ4n) is 2.56. The van der Waals surface area contributed by atoms with Crippen molar-refractivity contribution in [3.63, 3.8) is 0 Å². The van der Waals surface area contributed by atoms with Gasteiger partial charge in [-0.3, -0.25) is 14.4 Å². The number of benzene rings is 2. The molecule has 0 saturated carbocycles. The first-order valence-corrected chi connectivity index (χ1v) is 9.45. The molecule has 2 aromatic carbocycles. The largest absolute Gasteiger partial charge is 0.336 e. The van der Waals surface area contributed by atoms with Gasteiger partial charge in [-0.2, -0.15) is 0 Å². The maximum Gasteiger partial charge on any atom is 0.243 e. The summed E-state index contributed by atoms with van der Waals surface area (Å²) in [6.45, 7) is 3.78. The average Bonchev–Trinajstić information content (AvgIpc) is 2.62. The van der Waals surface area contributed by atoms with Crippen LogP contribution in [0, 0.1) is 13.8 Å². The maximum atomic E-state index is 12.2. The Morgan fingerprint density at radius 3 is 2.30 bits per heavy atom. The Hall–Kier alpha value is -2.47. The number of Topliss-reactive ketones (excluding diaryl/α,β-unsaturated/α-hetero) is 1. The van der Waals surface area contributed by atoms with Crippen molar-refractivity contribution in [3.05, 3.63) is 63.6 Å². The monoisotopic (exact) mass is 430 g/mol. The zero-order chi connectivity index (χ0) is 20.0. The third-order valence-corrected chi connectivity index (χ3v) is 4.70. The van der Waals surface area contributed by atoms with E-state index in [1.54, 1.807) is 25.2 Å². The summed E-state index contributed by atoms with van der Waals surface area (Å²) in [6.07, 6.45) is 0.202. The first-order chi connectivity index (χ1) is 12.8. The summed E-state index contributed by atoms with van der Waals surface area (Å²) >= 11 is 3.38. The Balaban J connectivity index is 1.83. The predicted molar refractivity (Wildman–Crippen MR) is 110 cm³/mol. The van der Waals surface area contributed by atoms with Crippen LogP contribution in [0.5, 0.6) is 0 Å². The van der Waals surface area contributed by atoms with Crippen molar-refractivity contribution in [2.24, 2.45) is 0 Å². The molecule has 1 N–H and O–H groups in total. The van der Waals surface area contributed by atoms with Gasteiger partial charge in [0.05, 0.1) is 6.54 Å². The summed E-state index contributed by atoms with van der Waals surface area (Å²) in [6, 6.07) is 12.8. The van der Waals surface area contributed by atoms with Crippen LogP contribution in [0.1, 0.15) is 34.3 Å². The predicted octanol–water partition coefficient (Wildman–Crippen LogP) is 4.13. The van der Waals surface area contributed by atoms with Gasteiger partial charge in [0.25, 0.3) is 0 Å². The van der Waals surface area contributed by atoms with Crippen LogP contribution in [0.4, 0.5) is 5.69 Å². The molecule has 0 saturated heterocycles. The molecule has 0 radical (unpaired) electrons. The van der Waals surface area contributed by atoms with Crippen LogP contribution in [0.25, 0.3) is 0 Å². The van der Waals surface area contributed by atoms with Crippen molar-refractivity contribution in [2.75, 3.05) is 18.9 Å². The molecule has 0 spiro atoms. The molecule has 2 aromatic rings.